The first kappa shape index (κ1) is 28.1. The Balaban J connectivity index is 5.31. The summed E-state index contributed by atoms with van der Waals surface area (Å²) in [5.74, 6) is -2.82. The van der Waals surface area contributed by atoms with Crippen molar-refractivity contribution in [1.29, 1.82) is 0 Å². The molecule has 0 bridgehead atoms. The molecule has 0 aliphatic rings. The number of carboxylic acids is 1. The second-order valence-electron chi connectivity index (χ2n) is 8.10. The quantitative estimate of drug-likeness (QED) is 0.121. The van der Waals surface area contributed by atoms with E-state index in [-0.39, 0.29) is 36.7 Å². The van der Waals surface area contributed by atoms with Crippen LogP contribution in [0.1, 0.15) is 60.3 Å². The van der Waals surface area contributed by atoms with Gasteiger partial charge in [0.15, 0.2) is 5.96 Å². The van der Waals surface area contributed by atoms with E-state index in [1.54, 1.807) is 6.92 Å². The molecular weight excluding hydrogens is 404 g/mol. The molecule has 11 heteroatoms. The first-order chi connectivity index (χ1) is 14.4. The second-order valence-corrected chi connectivity index (χ2v) is 8.10. The highest BCUT2D eigenvalue weighted by Crippen LogP contribution is 2.12. The van der Waals surface area contributed by atoms with Crippen LogP contribution in [-0.2, 0) is 19.2 Å². The van der Waals surface area contributed by atoms with E-state index >= 15 is 0 Å². The summed E-state index contributed by atoms with van der Waals surface area (Å²) in [6.45, 7) is 9.04. The van der Waals surface area contributed by atoms with Crippen molar-refractivity contribution in [3.05, 3.63) is 0 Å². The van der Waals surface area contributed by atoms with Crippen LogP contribution < -0.4 is 27.4 Å². The lowest BCUT2D eigenvalue weighted by Gasteiger charge is -2.28. The Morgan fingerprint density at radius 1 is 0.968 bits per heavy atom. The van der Waals surface area contributed by atoms with E-state index in [2.05, 4.69) is 20.9 Å². The number of hydrogen-bond donors (Lipinski definition) is 6. The van der Waals surface area contributed by atoms with Gasteiger partial charge in [-0.2, -0.15) is 0 Å². The largest absolute Gasteiger partial charge is 0.480 e. The first-order valence-corrected chi connectivity index (χ1v) is 10.5. The Morgan fingerprint density at radius 3 is 2.03 bits per heavy atom. The molecule has 0 aromatic rings. The number of guanidine groups is 1. The summed E-state index contributed by atoms with van der Waals surface area (Å²) >= 11 is 0. The molecule has 4 atom stereocenters. The number of nitrogens with one attached hydrogen (secondary N) is 3. The summed E-state index contributed by atoms with van der Waals surface area (Å²) in [4.78, 5) is 52.5. The van der Waals surface area contributed by atoms with Crippen molar-refractivity contribution >= 4 is 29.7 Å². The predicted octanol–water partition coefficient (Wildman–Crippen LogP) is -0.309. The molecule has 3 amide bonds. The Labute approximate surface area is 183 Å². The van der Waals surface area contributed by atoms with Crippen LogP contribution >= 0.6 is 0 Å². The van der Waals surface area contributed by atoms with E-state index in [4.69, 9.17) is 11.5 Å². The van der Waals surface area contributed by atoms with Crippen molar-refractivity contribution in [3.63, 3.8) is 0 Å². The molecule has 8 N–H and O–H groups in total. The van der Waals surface area contributed by atoms with Crippen LogP contribution in [0, 0.1) is 11.8 Å². The first-order valence-electron chi connectivity index (χ1n) is 10.5. The molecule has 0 aromatic carbocycles. The minimum atomic E-state index is -1.19. The zero-order valence-corrected chi connectivity index (χ0v) is 19.1. The number of amides is 3. The maximum atomic E-state index is 12.9. The number of nitrogens with zero attached hydrogens (tertiary/aromatic N) is 1. The number of aliphatic carboxylic acids is 1. The van der Waals surface area contributed by atoms with Crippen molar-refractivity contribution in [2.45, 2.75) is 78.4 Å². The summed E-state index contributed by atoms with van der Waals surface area (Å²) in [7, 11) is 0. The molecule has 0 aliphatic carbocycles. The molecule has 178 valence electrons. The van der Waals surface area contributed by atoms with Crippen molar-refractivity contribution in [2.75, 3.05) is 6.54 Å². The van der Waals surface area contributed by atoms with Gasteiger partial charge in [0.2, 0.25) is 17.7 Å². The van der Waals surface area contributed by atoms with E-state index in [1.807, 2.05) is 20.8 Å². The maximum Gasteiger partial charge on any atom is 0.326 e. The lowest BCUT2D eigenvalue weighted by Crippen LogP contribution is -2.57. The molecule has 0 aliphatic heterocycles. The van der Waals surface area contributed by atoms with E-state index in [9.17, 15) is 24.3 Å². The Morgan fingerprint density at radius 2 is 1.58 bits per heavy atom. The summed E-state index contributed by atoms with van der Waals surface area (Å²) in [6, 6.07) is -2.88. The molecule has 0 saturated carbocycles. The van der Waals surface area contributed by atoms with Crippen molar-refractivity contribution < 1.29 is 24.3 Å². The zero-order chi connectivity index (χ0) is 24.1. The van der Waals surface area contributed by atoms with Gasteiger partial charge < -0.3 is 32.5 Å². The van der Waals surface area contributed by atoms with Gasteiger partial charge >= 0.3 is 5.97 Å². The van der Waals surface area contributed by atoms with E-state index < -0.39 is 35.9 Å². The molecule has 0 aromatic heterocycles. The Bertz CT molecular complexity index is 648. The fourth-order valence-corrected chi connectivity index (χ4v) is 2.93. The van der Waals surface area contributed by atoms with Crippen LogP contribution in [0.2, 0.25) is 0 Å². The normalized spacial score (nSPS) is 14.6. The molecule has 0 unspecified atom stereocenters. The number of rotatable bonds is 14. The van der Waals surface area contributed by atoms with Gasteiger partial charge in [0.1, 0.15) is 18.1 Å². The smallest absolute Gasteiger partial charge is 0.326 e. The monoisotopic (exact) mass is 442 g/mol. The van der Waals surface area contributed by atoms with Crippen LogP contribution in [0.4, 0.5) is 0 Å². The lowest BCUT2D eigenvalue weighted by atomic mass is 9.96. The highest BCUT2D eigenvalue weighted by Gasteiger charge is 2.32. The SMILES string of the molecule is CC[C@H](C)[C@H](NC(=O)[C@H](CC(C)C)NC(C)=O)C(=O)N[C@@H](CCCN=C(N)N)C(=O)O. The molecule has 0 radical (unpaired) electrons. The van der Waals surface area contributed by atoms with Gasteiger partial charge in [0.25, 0.3) is 0 Å². The number of nitrogens with two attached hydrogens (primary N) is 2. The Kier molecular flexibility index (Phi) is 12.9. The molecule has 0 rings (SSSR count). The average Bonchev–Trinajstić information content (AvgIpc) is 2.65. The zero-order valence-electron chi connectivity index (χ0n) is 19.1. The van der Waals surface area contributed by atoms with Crippen molar-refractivity contribution in [2.24, 2.45) is 28.3 Å². The molecule has 11 nitrogen and oxygen atoms in total. The maximum absolute atomic E-state index is 12.9. The third kappa shape index (κ3) is 11.8. The number of carboxylic acid groups (broad SMARTS) is 1. The van der Waals surface area contributed by atoms with E-state index in [1.165, 1.54) is 6.92 Å². The number of aliphatic imine (C=N–C) groups is 1. The van der Waals surface area contributed by atoms with Crippen LogP contribution in [0.3, 0.4) is 0 Å². The predicted molar refractivity (Wildman–Crippen MR) is 118 cm³/mol. The molecule has 0 heterocycles. The standard InChI is InChI=1S/C20H38N6O5/c1-6-12(4)16(26-17(28)15(10-11(2)3)24-13(5)27)18(29)25-14(19(30)31)8-7-9-23-20(21)22/h11-12,14-16H,6-10H2,1-5H3,(H,24,27)(H,25,29)(H,26,28)(H,30,31)(H4,21,22,23)/t12-,14-,15-,16-/m0/s1. The number of carbonyl (C=O) groups excluding carboxylic acids is 3. The molecule has 0 saturated heterocycles. The lowest BCUT2D eigenvalue weighted by molar-refractivity contribution is -0.142. The van der Waals surface area contributed by atoms with E-state index in [0.29, 0.717) is 19.3 Å². The van der Waals surface area contributed by atoms with Gasteiger partial charge in [-0.3, -0.25) is 19.4 Å². The summed E-state index contributed by atoms with van der Waals surface area (Å²) in [6.07, 6.45) is 1.47. The van der Waals surface area contributed by atoms with Crippen molar-refractivity contribution in [1.82, 2.24) is 16.0 Å². The number of carbonyl (C=O) groups is 4. The second kappa shape index (κ2) is 14.2. The highest BCUT2D eigenvalue weighted by molar-refractivity contribution is 5.93. The van der Waals surface area contributed by atoms with Crippen LogP contribution in [0.5, 0.6) is 0 Å². The van der Waals surface area contributed by atoms with Crippen LogP contribution in [0.25, 0.3) is 0 Å². The van der Waals surface area contributed by atoms with Gasteiger partial charge in [0, 0.05) is 13.5 Å². The van der Waals surface area contributed by atoms with Gasteiger partial charge in [-0.25, -0.2) is 4.79 Å². The van der Waals surface area contributed by atoms with Crippen molar-refractivity contribution in [3.8, 4) is 0 Å². The third-order valence-corrected chi connectivity index (χ3v) is 4.75. The molecule has 31 heavy (non-hydrogen) atoms. The minimum Gasteiger partial charge on any atom is -0.480 e. The topological polar surface area (TPSA) is 189 Å². The third-order valence-electron chi connectivity index (χ3n) is 4.75. The summed E-state index contributed by atoms with van der Waals surface area (Å²) in [5.41, 5.74) is 10.5. The van der Waals surface area contributed by atoms with Crippen LogP contribution in [-0.4, -0.2) is 59.4 Å². The fourth-order valence-electron chi connectivity index (χ4n) is 2.93. The average molecular weight is 443 g/mol. The summed E-state index contributed by atoms with van der Waals surface area (Å²) in [5, 5.41) is 17.2. The van der Waals surface area contributed by atoms with Gasteiger partial charge in [0.05, 0.1) is 0 Å². The highest BCUT2D eigenvalue weighted by atomic mass is 16.4. The summed E-state index contributed by atoms with van der Waals surface area (Å²) < 4.78 is 0. The molecule has 0 spiro atoms. The van der Waals surface area contributed by atoms with E-state index in [0.717, 1.165) is 0 Å². The Hall–Kier alpha value is -2.85. The van der Waals surface area contributed by atoms with Gasteiger partial charge in [-0.05, 0) is 31.1 Å². The fraction of sp³-hybridized carbons (Fsp3) is 0.750. The minimum absolute atomic E-state index is 0.0921. The number of hydrogen-bond acceptors (Lipinski definition) is 5. The van der Waals surface area contributed by atoms with Crippen LogP contribution in [0.15, 0.2) is 4.99 Å². The van der Waals surface area contributed by atoms with Gasteiger partial charge in [-0.15, -0.1) is 0 Å². The molecule has 0 fully saturated rings. The van der Waals surface area contributed by atoms with Gasteiger partial charge in [-0.1, -0.05) is 34.1 Å². The molecular formula is C20H38N6O5.